The number of pyridine rings is 1. The summed E-state index contributed by atoms with van der Waals surface area (Å²) in [6.07, 6.45) is 7.33. The zero-order chi connectivity index (χ0) is 21.5. The van der Waals surface area contributed by atoms with Crippen LogP contribution in [0.4, 0.5) is 0 Å². The number of ether oxygens (including phenoxy) is 1. The molecule has 1 aliphatic rings. The Balaban J connectivity index is 1.62. The number of amides is 1. The van der Waals surface area contributed by atoms with E-state index in [1.165, 1.54) is 10.8 Å². The van der Waals surface area contributed by atoms with Gasteiger partial charge in [0, 0.05) is 22.5 Å². The van der Waals surface area contributed by atoms with Crippen LogP contribution in [0.5, 0.6) is 5.75 Å². The van der Waals surface area contributed by atoms with E-state index >= 15 is 0 Å². The van der Waals surface area contributed by atoms with E-state index in [2.05, 4.69) is 20.5 Å². The predicted molar refractivity (Wildman–Crippen MR) is 111 cm³/mol. The number of carbonyl (C=O) groups excluding carboxylic acids is 2. The molecule has 0 spiro atoms. The molecule has 1 amide bonds. The summed E-state index contributed by atoms with van der Waals surface area (Å²) in [4.78, 5) is 28.7. The fourth-order valence-corrected chi connectivity index (χ4v) is 3.70. The minimum Gasteiger partial charge on any atom is -0.505 e. The van der Waals surface area contributed by atoms with Gasteiger partial charge in [-0.3, -0.25) is 14.3 Å². The van der Waals surface area contributed by atoms with Gasteiger partial charge in [-0.15, -0.1) is 0 Å². The topological polar surface area (TPSA) is 124 Å². The van der Waals surface area contributed by atoms with Crippen molar-refractivity contribution in [3.05, 3.63) is 42.6 Å². The number of hydrogen-bond donors (Lipinski definition) is 2. The second-order valence-corrected chi connectivity index (χ2v) is 7.35. The van der Waals surface area contributed by atoms with Crippen molar-refractivity contribution in [3.8, 4) is 16.9 Å². The van der Waals surface area contributed by atoms with Gasteiger partial charge in [0.15, 0.2) is 17.1 Å². The molecule has 0 aliphatic heterocycles. The van der Waals surface area contributed by atoms with Gasteiger partial charge in [0.25, 0.3) is 5.91 Å². The highest BCUT2D eigenvalue weighted by atomic mass is 16.5. The first kappa shape index (κ1) is 19.0. The standard InChI is InChI=1S/C21H20N6O4/c1-2-31-16(28)9-22-21(30)18-19(29)15-5-3-4-14(17(15)20-23-11-25-27(18)20)12-8-24-26(10-12)13-6-7-13/h3-5,8,10-11,13,29H,2,6-7,9H2,1H3,(H,22,30). The van der Waals surface area contributed by atoms with Crippen molar-refractivity contribution in [1.29, 1.82) is 0 Å². The number of nitrogens with one attached hydrogen (secondary N) is 1. The summed E-state index contributed by atoms with van der Waals surface area (Å²) >= 11 is 0. The molecule has 31 heavy (non-hydrogen) atoms. The molecule has 0 atom stereocenters. The maximum atomic E-state index is 12.8. The molecule has 0 bridgehead atoms. The Morgan fingerprint density at radius 3 is 2.90 bits per heavy atom. The maximum absolute atomic E-state index is 12.8. The molecule has 3 heterocycles. The van der Waals surface area contributed by atoms with Gasteiger partial charge >= 0.3 is 5.97 Å². The summed E-state index contributed by atoms with van der Waals surface area (Å²) in [5.41, 5.74) is 2.04. The Hall–Kier alpha value is -3.95. The number of carbonyl (C=O) groups is 2. The molecule has 1 aliphatic carbocycles. The van der Waals surface area contributed by atoms with E-state index in [4.69, 9.17) is 4.74 Å². The summed E-state index contributed by atoms with van der Waals surface area (Å²) < 4.78 is 8.07. The molecule has 0 unspecified atom stereocenters. The Bertz CT molecular complexity index is 1320. The van der Waals surface area contributed by atoms with Crippen LogP contribution < -0.4 is 5.32 Å². The van der Waals surface area contributed by atoms with Crippen molar-refractivity contribution in [2.24, 2.45) is 0 Å². The van der Waals surface area contributed by atoms with Crippen LogP contribution in [0.1, 0.15) is 36.3 Å². The van der Waals surface area contributed by atoms with E-state index in [1.54, 1.807) is 25.3 Å². The van der Waals surface area contributed by atoms with E-state index in [9.17, 15) is 14.7 Å². The molecule has 0 saturated heterocycles. The minimum atomic E-state index is -0.657. The summed E-state index contributed by atoms with van der Waals surface area (Å²) in [5.74, 6) is -1.47. The lowest BCUT2D eigenvalue weighted by Crippen LogP contribution is -2.32. The van der Waals surface area contributed by atoms with Gasteiger partial charge in [-0.05, 0) is 25.3 Å². The second kappa shape index (κ2) is 7.38. The summed E-state index contributed by atoms with van der Waals surface area (Å²) in [5, 5.41) is 23.2. The van der Waals surface area contributed by atoms with Crippen LogP contribution in [0.25, 0.3) is 27.5 Å². The Morgan fingerprint density at radius 2 is 2.13 bits per heavy atom. The number of esters is 1. The number of rotatable bonds is 6. The zero-order valence-corrected chi connectivity index (χ0v) is 16.8. The fraction of sp³-hybridized carbons (Fsp3) is 0.286. The van der Waals surface area contributed by atoms with Crippen molar-refractivity contribution in [2.45, 2.75) is 25.8 Å². The molecule has 2 N–H and O–H groups in total. The number of fused-ring (bicyclic) bond motifs is 3. The molecule has 10 heteroatoms. The molecule has 4 aromatic rings. The van der Waals surface area contributed by atoms with Gasteiger partial charge in [-0.1, -0.05) is 18.2 Å². The van der Waals surface area contributed by atoms with Crippen molar-refractivity contribution in [3.63, 3.8) is 0 Å². The highest BCUT2D eigenvalue weighted by molar-refractivity contribution is 6.12. The van der Waals surface area contributed by atoms with Crippen LogP contribution in [0.15, 0.2) is 36.9 Å². The normalized spacial score (nSPS) is 13.6. The van der Waals surface area contributed by atoms with Gasteiger partial charge < -0.3 is 15.2 Å². The predicted octanol–water partition coefficient (Wildman–Crippen LogP) is 2.08. The average molecular weight is 420 g/mol. The van der Waals surface area contributed by atoms with Crippen molar-refractivity contribution in [1.82, 2.24) is 29.7 Å². The Kier molecular flexibility index (Phi) is 4.54. The van der Waals surface area contributed by atoms with Gasteiger partial charge in [0.2, 0.25) is 0 Å². The lowest BCUT2D eigenvalue weighted by atomic mass is 10.00. The summed E-state index contributed by atoms with van der Waals surface area (Å²) in [7, 11) is 0. The van der Waals surface area contributed by atoms with Crippen LogP contribution >= 0.6 is 0 Å². The third-order valence-electron chi connectivity index (χ3n) is 5.27. The summed E-state index contributed by atoms with van der Waals surface area (Å²) in [6, 6.07) is 5.89. The highest BCUT2D eigenvalue weighted by Crippen LogP contribution is 2.39. The first-order chi connectivity index (χ1) is 15.1. The quantitative estimate of drug-likeness (QED) is 0.458. The first-order valence-electron chi connectivity index (χ1n) is 10.0. The molecule has 5 rings (SSSR count). The third-order valence-corrected chi connectivity index (χ3v) is 5.27. The molecule has 10 nitrogen and oxygen atoms in total. The summed E-state index contributed by atoms with van der Waals surface area (Å²) in [6.45, 7) is 1.57. The van der Waals surface area contributed by atoms with Gasteiger partial charge in [0.05, 0.1) is 18.8 Å². The van der Waals surface area contributed by atoms with Crippen molar-refractivity contribution in [2.75, 3.05) is 13.2 Å². The van der Waals surface area contributed by atoms with Crippen LogP contribution in [0.3, 0.4) is 0 Å². The Morgan fingerprint density at radius 1 is 1.29 bits per heavy atom. The van der Waals surface area contributed by atoms with Crippen LogP contribution in [0.2, 0.25) is 0 Å². The zero-order valence-electron chi connectivity index (χ0n) is 16.8. The third kappa shape index (κ3) is 3.25. The molecule has 3 aromatic heterocycles. The van der Waals surface area contributed by atoms with Crippen LogP contribution in [0, 0.1) is 0 Å². The van der Waals surface area contributed by atoms with Gasteiger partial charge in [0.1, 0.15) is 12.9 Å². The SMILES string of the molecule is CCOC(=O)CNC(=O)c1c(O)c2cccc(-c3cnn(C4CC4)c3)c2c2ncnn12. The number of hydrogen-bond acceptors (Lipinski definition) is 7. The largest absolute Gasteiger partial charge is 0.505 e. The van der Waals surface area contributed by atoms with E-state index in [0.717, 1.165) is 24.0 Å². The lowest BCUT2D eigenvalue weighted by molar-refractivity contribution is -0.141. The van der Waals surface area contributed by atoms with E-state index in [1.807, 2.05) is 16.9 Å². The van der Waals surface area contributed by atoms with Crippen LogP contribution in [-0.2, 0) is 9.53 Å². The first-order valence-corrected chi connectivity index (χ1v) is 10.0. The van der Waals surface area contributed by atoms with E-state index in [-0.39, 0.29) is 24.6 Å². The van der Waals surface area contributed by atoms with E-state index < -0.39 is 11.9 Å². The number of aromatic hydroxyl groups is 1. The molecule has 1 fully saturated rings. The van der Waals surface area contributed by atoms with Crippen LogP contribution in [-0.4, -0.2) is 54.5 Å². The van der Waals surface area contributed by atoms with Crippen molar-refractivity contribution >= 4 is 28.3 Å². The monoisotopic (exact) mass is 420 g/mol. The maximum Gasteiger partial charge on any atom is 0.325 e. The smallest absolute Gasteiger partial charge is 0.325 e. The van der Waals surface area contributed by atoms with Gasteiger partial charge in [-0.25, -0.2) is 9.50 Å². The molecular formula is C21H20N6O4. The molecule has 158 valence electrons. The second-order valence-electron chi connectivity index (χ2n) is 7.35. The molecule has 0 radical (unpaired) electrons. The molecular weight excluding hydrogens is 400 g/mol. The van der Waals surface area contributed by atoms with Gasteiger partial charge in [-0.2, -0.15) is 10.2 Å². The van der Waals surface area contributed by atoms with E-state index in [0.29, 0.717) is 22.5 Å². The molecule has 1 saturated carbocycles. The van der Waals surface area contributed by atoms with Crippen molar-refractivity contribution < 1.29 is 19.4 Å². The Labute approximate surface area is 176 Å². The number of aromatic nitrogens is 5. The lowest BCUT2D eigenvalue weighted by Gasteiger charge is -2.13. The highest BCUT2D eigenvalue weighted by Gasteiger charge is 2.26. The minimum absolute atomic E-state index is 0.102. The number of nitrogens with zero attached hydrogens (tertiary/aromatic N) is 5. The number of benzene rings is 1. The average Bonchev–Trinajstić information content (AvgIpc) is 3.30. The molecule has 1 aromatic carbocycles. The fourth-order valence-electron chi connectivity index (χ4n) is 3.70.